The Morgan fingerprint density at radius 3 is 0.687 bits per heavy atom. The van der Waals surface area contributed by atoms with Crippen LogP contribution in [0.15, 0.2) is 0 Å². The highest BCUT2D eigenvalue weighted by molar-refractivity contribution is 7.47. The van der Waals surface area contributed by atoms with E-state index in [0.717, 1.165) is 102 Å². The maximum absolute atomic E-state index is 13.1. The first-order valence-electron chi connectivity index (χ1n) is 41.6. The summed E-state index contributed by atoms with van der Waals surface area (Å²) in [5.41, 5.74) is 0. The van der Waals surface area contributed by atoms with E-state index in [9.17, 15) is 43.2 Å². The van der Waals surface area contributed by atoms with Crippen molar-refractivity contribution in [1.82, 2.24) is 0 Å². The van der Waals surface area contributed by atoms with Crippen molar-refractivity contribution in [2.75, 3.05) is 39.6 Å². The molecule has 0 fully saturated rings. The number of phosphoric ester groups is 2. The molecule has 0 aromatic carbocycles. The number of carbonyl (C=O) groups excluding carboxylic acids is 4. The Kier molecular flexibility index (Phi) is 71.6. The number of unbranched alkanes of at least 4 members (excludes halogenated alkanes) is 52. The second-order valence-electron chi connectivity index (χ2n) is 29.3. The molecule has 2 unspecified atom stereocenters. The lowest BCUT2D eigenvalue weighted by Gasteiger charge is -2.21. The number of phosphoric acid groups is 2. The number of rotatable bonds is 80. The number of aliphatic hydroxyl groups excluding tert-OH is 1. The predicted molar refractivity (Wildman–Crippen MR) is 405 cm³/mol. The maximum atomic E-state index is 13.1. The summed E-state index contributed by atoms with van der Waals surface area (Å²) in [5, 5.41) is 10.6. The van der Waals surface area contributed by atoms with Crippen LogP contribution in [-0.2, 0) is 65.4 Å². The quantitative estimate of drug-likeness (QED) is 0.0222. The minimum absolute atomic E-state index is 0.106. The second-order valence-corrected chi connectivity index (χ2v) is 32.2. The lowest BCUT2D eigenvalue weighted by molar-refractivity contribution is -0.161. The molecular formula is C80H156O17P2. The molecule has 0 aliphatic carbocycles. The van der Waals surface area contributed by atoms with E-state index in [4.69, 9.17) is 37.0 Å². The number of ether oxygens (including phenoxy) is 4. The normalized spacial score (nSPS) is 13.9. The van der Waals surface area contributed by atoms with Crippen LogP contribution in [0.1, 0.15) is 426 Å². The van der Waals surface area contributed by atoms with Crippen molar-refractivity contribution in [2.45, 2.75) is 445 Å². The van der Waals surface area contributed by atoms with Crippen molar-refractivity contribution in [3.05, 3.63) is 0 Å². The topological polar surface area (TPSA) is 237 Å². The summed E-state index contributed by atoms with van der Waals surface area (Å²) in [5.74, 6) is -1.36. The smallest absolute Gasteiger partial charge is 0.462 e. The molecule has 0 radical (unpaired) electrons. The second kappa shape index (κ2) is 73.0. The Labute approximate surface area is 607 Å². The molecule has 0 saturated carbocycles. The molecule has 99 heavy (non-hydrogen) atoms. The van der Waals surface area contributed by atoms with Gasteiger partial charge in [0.25, 0.3) is 0 Å². The van der Waals surface area contributed by atoms with Gasteiger partial charge in [-0.25, -0.2) is 9.13 Å². The van der Waals surface area contributed by atoms with Crippen LogP contribution in [0, 0.1) is 5.92 Å². The number of hydrogen-bond acceptors (Lipinski definition) is 15. The molecule has 0 heterocycles. The zero-order chi connectivity index (χ0) is 72.7. The third-order valence-corrected chi connectivity index (χ3v) is 20.7. The van der Waals surface area contributed by atoms with Crippen LogP contribution in [0.25, 0.3) is 0 Å². The fourth-order valence-corrected chi connectivity index (χ4v) is 14.0. The lowest BCUT2D eigenvalue weighted by atomic mass is 10.0. The summed E-state index contributed by atoms with van der Waals surface area (Å²) in [6.07, 6.45) is 64.4. The zero-order valence-electron chi connectivity index (χ0n) is 64.6. The molecule has 0 amide bonds. The molecule has 5 atom stereocenters. The van der Waals surface area contributed by atoms with Crippen molar-refractivity contribution < 1.29 is 80.2 Å². The van der Waals surface area contributed by atoms with Crippen LogP contribution in [0.4, 0.5) is 0 Å². The van der Waals surface area contributed by atoms with Gasteiger partial charge in [-0.05, 0) is 31.6 Å². The number of hydrogen-bond donors (Lipinski definition) is 3. The maximum Gasteiger partial charge on any atom is 0.472 e. The van der Waals surface area contributed by atoms with E-state index in [0.29, 0.717) is 25.7 Å². The summed E-state index contributed by atoms with van der Waals surface area (Å²) in [6.45, 7) is 7.23. The highest BCUT2D eigenvalue weighted by atomic mass is 31.2. The predicted octanol–water partition coefficient (Wildman–Crippen LogP) is 24.0. The molecule has 0 spiro atoms. The largest absolute Gasteiger partial charge is 0.472 e. The number of carbonyl (C=O) groups is 4. The van der Waals surface area contributed by atoms with E-state index in [1.54, 1.807) is 0 Å². The van der Waals surface area contributed by atoms with Gasteiger partial charge in [-0.1, -0.05) is 375 Å². The average molecular weight is 1450 g/mol. The van der Waals surface area contributed by atoms with Crippen molar-refractivity contribution in [3.63, 3.8) is 0 Å². The Morgan fingerprint density at radius 2 is 0.465 bits per heavy atom. The van der Waals surface area contributed by atoms with Crippen molar-refractivity contribution >= 4 is 39.5 Å². The van der Waals surface area contributed by atoms with Crippen LogP contribution >= 0.6 is 15.6 Å². The number of esters is 4. The first kappa shape index (κ1) is 97.1. The molecule has 0 bridgehead atoms. The third-order valence-electron chi connectivity index (χ3n) is 18.8. The van der Waals surface area contributed by atoms with Crippen molar-refractivity contribution in [1.29, 1.82) is 0 Å². The van der Waals surface area contributed by atoms with Gasteiger partial charge in [0.1, 0.15) is 19.3 Å². The minimum Gasteiger partial charge on any atom is -0.462 e. The summed E-state index contributed by atoms with van der Waals surface area (Å²) >= 11 is 0. The molecule has 0 aromatic rings. The molecule has 0 rings (SSSR count). The molecule has 0 aliphatic rings. The van der Waals surface area contributed by atoms with Gasteiger partial charge in [-0.15, -0.1) is 0 Å². The van der Waals surface area contributed by atoms with Gasteiger partial charge in [0.05, 0.1) is 26.4 Å². The molecule has 0 aliphatic heterocycles. The Hall–Kier alpha value is -1.94. The molecule has 3 N–H and O–H groups in total. The van der Waals surface area contributed by atoms with Crippen LogP contribution in [0.2, 0.25) is 0 Å². The Morgan fingerprint density at radius 1 is 0.273 bits per heavy atom. The summed E-state index contributed by atoms with van der Waals surface area (Å²) < 4.78 is 68.4. The summed E-state index contributed by atoms with van der Waals surface area (Å²) in [4.78, 5) is 72.7. The van der Waals surface area contributed by atoms with E-state index >= 15 is 0 Å². The van der Waals surface area contributed by atoms with Gasteiger partial charge in [-0.2, -0.15) is 0 Å². The zero-order valence-corrected chi connectivity index (χ0v) is 66.4. The van der Waals surface area contributed by atoms with Gasteiger partial charge in [0.2, 0.25) is 0 Å². The van der Waals surface area contributed by atoms with E-state index in [-0.39, 0.29) is 25.7 Å². The van der Waals surface area contributed by atoms with Gasteiger partial charge in [-0.3, -0.25) is 37.3 Å². The number of aliphatic hydroxyl groups is 1. The molecular weight excluding hydrogens is 1290 g/mol. The molecule has 17 nitrogen and oxygen atoms in total. The van der Waals surface area contributed by atoms with Gasteiger partial charge in [0, 0.05) is 25.7 Å². The molecule has 19 heteroatoms. The van der Waals surface area contributed by atoms with Crippen LogP contribution < -0.4 is 0 Å². The Balaban J connectivity index is 5.11. The average Bonchev–Trinajstić information content (AvgIpc) is 0.974. The fourth-order valence-electron chi connectivity index (χ4n) is 12.4. The van der Waals surface area contributed by atoms with E-state index in [2.05, 4.69) is 34.6 Å². The van der Waals surface area contributed by atoms with Crippen LogP contribution in [0.5, 0.6) is 0 Å². The van der Waals surface area contributed by atoms with Crippen molar-refractivity contribution in [2.24, 2.45) is 5.92 Å². The first-order chi connectivity index (χ1) is 48.0. The first-order valence-corrected chi connectivity index (χ1v) is 44.6. The van der Waals surface area contributed by atoms with Crippen LogP contribution in [-0.4, -0.2) is 96.7 Å². The fraction of sp³-hybridized carbons (Fsp3) is 0.950. The van der Waals surface area contributed by atoms with Crippen molar-refractivity contribution in [3.8, 4) is 0 Å². The minimum atomic E-state index is -4.96. The molecule has 0 aromatic heterocycles. The Bertz CT molecular complexity index is 1890. The van der Waals surface area contributed by atoms with Gasteiger partial charge < -0.3 is 33.8 Å². The summed E-state index contributed by atoms with van der Waals surface area (Å²) in [7, 11) is -9.91. The standard InChI is InChI=1S/C80H156O17P2/c1-6-9-12-15-17-19-21-23-25-27-29-31-33-35-37-41-45-49-54-59-64-78(83)91-70-76(97-80(85)65-60-55-50-46-42-38-36-34-32-30-28-26-24-22-20-18-16-13-10-7-2)72-95-99(88,89)93-68-74(81)67-92-98(86,87)94-71-75(69-90-77(82)63-58-52-14-11-8-3)96-79(84)66-61-56-51-47-43-39-40-44-48-53-57-62-73(4)5/h73-76,81H,6-72H2,1-5H3,(H,86,87)(H,88,89)/t74-,75+,76+/m0/s1. The van der Waals surface area contributed by atoms with Crippen LogP contribution in [0.3, 0.4) is 0 Å². The monoisotopic (exact) mass is 1450 g/mol. The highest BCUT2D eigenvalue weighted by Gasteiger charge is 2.30. The SMILES string of the molecule is CCCCCCCCCCCCCCCCCCCCCCC(=O)OC[C@H](COP(=O)(O)OC[C@@H](O)COP(=O)(O)OC[C@@H](COC(=O)CCCCCCC)OC(=O)CCCCCCCCCCCCCC(C)C)OC(=O)CCCCCCCCCCCCCCCCCCCCCC. The highest BCUT2D eigenvalue weighted by Crippen LogP contribution is 2.45. The van der Waals surface area contributed by atoms with Gasteiger partial charge >= 0.3 is 39.5 Å². The van der Waals surface area contributed by atoms with E-state index in [1.807, 2.05) is 0 Å². The third kappa shape index (κ3) is 74.1. The summed E-state index contributed by atoms with van der Waals surface area (Å²) in [6, 6.07) is 0. The van der Waals surface area contributed by atoms with Gasteiger partial charge in [0.15, 0.2) is 12.2 Å². The molecule has 588 valence electrons. The van der Waals surface area contributed by atoms with E-state index in [1.165, 1.54) is 244 Å². The lowest BCUT2D eigenvalue weighted by Crippen LogP contribution is -2.30. The molecule has 0 saturated heterocycles. The van der Waals surface area contributed by atoms with E-state index < -0.39 is 97.5 Å².